The molecule has 1 heterocycles. The summed E-state index contributed by atoms with van der Waals surface area (Å²) in [7, 11) is 0. The van der Waals surface area contributed by atoms with E-state index in [1.807, 2.05) is 0 Å². The van der Waals surface area contributed by atoms with Crippen molar-refractivity contribution in [2.75, 3.05) is 26.2 Å². The van der Waals surface area contributed by atoms with E-state index in [4.69, 9.17) is 0 Å². The van der Waals surface area contributed by atoms with E-state index in [2.05, 4.69) is 37.9 Å². The predicted octanol–water partition coefficient (Wildman–Crippen LogP) is 10.5. The molecule has 0 amide bonds. The minimum absolute atomic E-state index is 0.701. The largest absolute Gasteiger partial charge is 0.314 e. The molecule has 1 saturated carbocycles. The lowest BCUT2D eigenvalue weighted by molar-refractivity contribution is -0.0469. The van der Waals surface area contributed by atoms with Crippen LogP contribution < -0.4 is 5.32 Å². The molecular formula is C35H70N2. The first-order valence-corrected chi connectivity index (χ1v) is 17.6. The maximum Gasteiger partial charge on any atom is 0.00671 e. The summed E-state index contributed by atoms with van der Waals surface area (Å²) in [4.78, 5) is 2.86. The molecule has 2 fully saturated rings. The van der Waals surface area contributed by atoms with Crippen LogP contribution in [-0.2, 0) is 0 Å². The van der Waals surface area contributed by atoms with Gasteiger partial charge in [-0.1, -0.05) is 124 Å². The number of likely N-dealkylation sites (tertiary alicyclic amines) is 1. The average Bonchev–Trinajstić information content (AvgIpc) is 2.89. The SMILES string of the molecule is CCCCCCCC(CCCCC)NCC1CCC2(CC1)CN(CC(CCCCC)CCCCCC)C2. The van der Waals surface area contributed by atoms with Crippen molar-refractivity contribution in [1.82, 2.24) is 10.2 Å². The molecule has 1 N–H and O–H groups in total. The topological polar surface area (TPSA) is 15.3 Å². The summed E-state index contributed by atoms with van der Waals surface area (Å²) in [5, 5.41) is 4.08. The Morgan fingerprint density at radius 2 is 1.08 bits per heavy atom. The molecule has 0 radical (unpaired) electrons. The van der Waals surface area contributed by atoms with Gasteiger partial charge in [0.2, 0.25) is 0 Å². The van der Waals surface area contributed by atoms with Crippen LogP contribution in [0.4, 0.5) is 0 Å². The molecule has 2 rings (SSSR count). The first kappa shape index (κ1) is 33.1. The Balaban J connectivity index is 1.66. The fourth-order valence-corrected chi connectivity index (χ4v) is 7.39. The van der Waals surface area contributed by atoms with Crippen molar-refractivity contribution in [2.24, 2.45) is 17.3 Å². The van der Waals surface area contributed by atoms with E-state index in [1.54, 1.807) is 0 Å². The lowest BCUT2D eigenvalue weighted by Crippen LogP contribution is -2.58. The first-order valence-electron chi connectivity index (χ1n) is 17.6. The van der Waals surface area contributed by atoms with E-state index in [-0.39, 0.29) is 0 Å². The second-order valence-electron chi connectivity index (χ2n) is 13.6. The molecule has 2 nitrogen and oxygen atoms in total. The van der Waals surface area contributed by atoms with Crippen molar-refractivity contribution in [3.63, 3.8) is 0 Å². The Bertz CT molecular complexity index is 501. The first-order chi connectivity index (χ1) is 18.1. The molecule has 37 heavy (non-hydrogen) atoms. The second-order valence-corrected chi connectivity index (χ2v) is 13.6. The monoisotopic (exact) mass is 519 g/mol. The van der Waals surface area contributed by atoms with Crippen molar-refractivity contribution in [2.45, 2.75) is 181 Å². The molecule has 2 atom stereocenters. The van der Waals surface area contributed by atoms with E-state index < -0.39 is 0 Å². The van der Waals surface area contributed by atoms with Gasteiger partial charge < -0.3 is 10.2 Å². The van der Waals surface area contributed by atoms with Crippen LogP contribution in [0, 0.1) is 17.3 Å². The van der Waals surface area contributed by atoms with Crippen LogP contribution in [0.2, 0.25) is 0 Å². The number of nitrogens with zero attached hydrogens (tertiary/aromatic N) is 1. The van der Waals surface area contributed by atoms with E-state index >= 15 is 0 Å². The quantitative estimate of drug-likeness (QED) is 0.128. The highest BCUT2D eigenvalue weighted by Crippen LogP contribution is 2.46. The number of hydrogen-bond donors (Lipinski definition) is 1. The Morgan fingerprint density at radius 3 is 1.68 bits per heavy atom. The molecule has 1 saturated heterocycles. The minimum Gasteiger partial charge on any atom is -0.314 e. The molecule has 2 aliphatic rings. The number of rotatable bonds is 24. The molecule has 220 valence electrons. The fourth-order valence-electron chi connectivity index (χ4n) is 7.39. The van der Waals surface area contributed by atoms with Gasteiger partial charge in [0.1, 0.15) is 0 Å². The number of hydrogen-bond acceptors (Lipinski definition) is 2. The van der Waals surface area contributed by atoms with Crippen LogP contribution in [0.3, 0.4) is 0 Å². The van der Waals surface area contributed by atoms with Crippen molar-refractivity contribution < 1.29 is 0 Å². The maximum absolute atomic E-state index is 4.08. The molecular weight excluding hydrogens is 448 g/mol. The van der Waals surface area contributed by atoms with Crippen molar-refractivity contribution >= 4 is 0 Å². The van der Waals surface area contributed by atoms with Gasteiger partial charge in [-0.15, -0.1) is 0 Å². The molecule has 1 aliphatic heterocycles. The minimum atomic E-state index is 0.701. The normalized spacial score (nSPS) is 19.8. The maximum atomic E-state index is 4.08. The zero-order chi connectivity index (χ0) is 26.6. The standard InChI is InChI=1S/C35H70N2/c1-5-9-13-15-19-23-34(22-17-12-8-4)36-28-32-24-26-35(27-25-32)30-37(31-35)29-33(20-16-11-7-3)21-18-14-10-6-2/h32-34,36H,5-31H2,1-4H3. The Hall–Kier alpha value is -0.0800. The molecule has 1 aliphatic carbocycles. The van der Waals surface area contributed by atoms with Crippen molar-refractivity contribution in [3.05, 3.63) is 0 Å². The molecule has 0 aromatic heterocycles. The highest BCUT2D eigenvalue weighted by atomic mass is 15.2. The van der Waals surface area contributed by atoms with Crippen molar-refractivity contribution in [1.29, 1.82) is 0 Å². The third-order valence-corrected chi connectivity index (χ3v) is 9.99. The molecule has 0 aromatic carbocycles. The summed E-state index contributed by atoms with van der Waals surface area (Å²) in [5.74, 6) is 1.90. The number of unbranched alkanes of at least 4 members (excludes halogenated alkanes) is 11. The fraction of sp³-hybridized carbons (Fsp3) is 1.00. The summed E-state index contributed by atoms with van der Waals surface area (Å²) >= 11 is 0. The summed E-state index contributed by atoms with van der Waals surface area (Å²) in [5.41, 5.74) is 0.701. The lowest BCUT2D eigenvalue weighted by atomic mass is 9.65. The third-order valence-electron chi connectivity index (χ3n) is 9.99. The molecule has 0 bridgehead atoms. The zero-order valence-corrected chi connectivity index (χ0v) is 26.3. The predicted molar refractivity (Wildman–Crippen MR) is 167 cm³/mol. The molecule has 2 heteroatoms. The Kier molecular flexibility index (Phi) is 18.6. The van der Waals surface area contributed by atoms with Crippen LogP contribution in [-0.4, -0.2) is 37.1 Å². The lowest BCUT2D eigenvalue weighted by Gasteiger charge is -2.54. The smallest absolute Gasteiger partial charge is 0.00671 e. The highest BCUT2D eigenvalue weighted by Gasteiger charge is 2.45. The van der Waals surface area contributed by atoms with Gasteiger partial charge in [-0.3, -0.25) is 0 Å². The Morgan fingerprint density at radius 1 is 0.622 bits per heavy atom. The molecule has 0 aromatic rings. The van der Waals surface area contributed by atoms with Gasteiger partial charge in [0, 0.05) is 25.7 Å². The average molecular weight is 519 g/mol. The van der Waals surface area contributed by atoms with E-state index in [1.165, 1.54) is 174 Å². The highest BCUT2D eigenvalue weighted by molar-refractivity contribution is 4.98. The van der Waals surface area contributed by atoms with Gasteiger partial charge in [-0.2, -0.15) is 0 Å². The van der Waals surface area contributed by atoms with Crippen LogP contribution in [0.25, 0.3) is 0 Å². The van der Waals surface area contributed by atoms with Crippen LogP contribution in [0.15, 0.2) is 0 Å². The molecule has 1 spiro atoms. The van der Waals surface area contributed by atoms with Gasteiger partial charge in [0.25, 0.3) is 0 Å². The Labute approximate surface area is 234 Å². The zero-order valence-electron chi connectivity index (χ0n) is 26.3. The van der Waals surface area contributed by atoms with Crippen LogP contribution in [0.1, 0.15) is 175 Å². The van der Waals surface area contributed by atoms with E-state index in [0.717, 1.165) is 17.9 Å². The summed E-state index contributed by atoms with van der Waals surface area (Å²) in [6.45, 7) is 14.9. The van der Waals surface area contributed by atoms with Crippen molar-refractivity contribution in [3.8, 4) is 0 Å². The van der Waals surface area contributed by atoms with Crippen LogP contribution >= 0.6 is 0 Å². The summed E-state index contributed by atoms with van der Waals surface area (Å²) < 4.78 is 0. The van der Waals surface area contributed by atoms with Gasteiger partial charge in [-0.05, 0) is 75.2 Å². The second kappa shape index (κ2) is 20.8. The van der Waals surface area contributed by atoms with E-state index in [9.17, 15) is 0 Å². The van der Waals surface area contributed by atoms with Gasteiger partial charge >= 0.3 is 0 Å². The van der Waals surface area contributed by atoms with Gasteiger partial charge in [0.15, 0.2) is 0 Å². The summed E-state index contributed by atoms with van der Waals surface area (Å²) in [6, 6.07) is 0.783. The van der Waals surface area contributed by atoms with Crippen LogP contribution in [0.5, 0.6) is 0 Å². The van der Waals surface area contributed by atoms with Gasteiger partial charge in [-0.25, -0.2) is 0 Å². The third kappa shape index (κ3) is 14.2. The van der Waals surface area contributed by atoms with E-state index in [0.29, 0.717) is 5.41 Å². The number of nitrogens with one attached hydrogen (secondary N) is 1. The van der Waals surface area contributed by atoms with Gasteiger partial charge in [0.05, 0.1) is 0 Å². The summed E-state index contributed by atoms with van der Waals surface area (Å²) in [6.07, 6.45) is 33.0. The molecule has 2 unspecified atom stereocenters.